The summed E-state index contributed by atoms with van der Waals surface area (Å²) in [5.74, 6) is 1.13. The van der Waals surface area contributed by atoms with Gasteiger partial charge in [0.1, 0.15) is 6.10 Å². The first-order chi connectivity index (χ1) is 7.31. The lowest BCUT2D eigenvalue weighted by atomic mass is 9.82. The Morgan fingerprint density at radius 1 is 1.60 bits per heavy atom. The van der Waals surface area contributed by atoms with Crippen LogP contribution in [0.25, 0.3) is 0 Å². The van der Waals surface area contributed by atoms with Crippen molar-refractivity contribution in [2.75, 3.05) is 6.54 Å². The Kier molecular flexibility index (Phi) is 2.84. The van der Waals surface area contributed by atoms with Crippen molar-refractivity contribution in [1.82, 2.24) is 4.98 Å². The summed E-state index contributed by atoms with van der Waals surface area (Å²) in [6.07, 6.45) is 3.80. The number of pyridine rings is 1. The predicted molar refractivity (Wildman–Crippen MR) is 55.1 cm³/mol. The molecule has 1 fully saturated rings. The lowest BCUT2D eigenvalue weighted by Gasteiger charge is -2.34. The molecule has 0 radical (unpaired) electrons. The molecule has 1 aliphatic carbocycles. The maximum atomic E-state index is 8.70. The molecule has 4 heteroatoms. The van der Waals surface area contributed by atoms with E-state index in [2.05, 4.69) is 11.1 Å². The van der Waals surface area contributed by atoms with E-state index in [1.807, 2.05) is 0 Å². The molecule has 2 rings (SSSR count). The number of hydrogen-bond acceptors (Lipinski definition) is 4. The largest absolute Gasteiger partial charge is 0.474 e. The average molecular weight is 203 g/mol. The van der Waals surface area contributed by atoms with Gasteiger partial charge >= 0.3 is 0 Å². The number of aromatic nitrogens is 1. The minimum atomic E-state index is 0.222. The Hall–Kier alpha value is -1.60. The van der Waals surface area contributed by atoms with Gasteiger partial charge in [-0.2, -0.15) is 5.26 Å². The molecule has 0 atom stereocenters. The van der Waals surface area contributed by atoms with Crippen molar-refractivity contribution in [2.45, 2.75) is 18.9 Å². The van der Waals surface area contributed by atoms with Crippen LogP contribution in [-0.2, 0) is 0 Å². The van der Waals surface area contributed by atoms with Crippen LogP contribution in [0.3, 0.4) is 0 Å². The fourth-order valence-electron chi connectivity index (χ4n) is 1.68. The molecule has 2 N–H and O–H groups in total. The molecule has 1 aliphatic rings. The summed E-state index contributed by atoms with van der Waals surface area (Å²) < 4.78 is 5.61. The number of hydrogen-bond donors (Lipinski definition) is 1. The predicted octanol–water partition coefficient (Wildman–Crippen LogP) is 1.07. The molecule has 1 aromatic rings. The van der Waals surface area contributed by atoms with Crippen molar-refractivity contribution < 1.29 is 4.74 Å². The number of nitriles is 1. The summed E-state index contributed by atoms with van der Waals surface area (Å²) in [6.45, 7) is 0.728. The fourth-order valence-corrected chi connectivity index (χ4v) is 1.68. The standard InChI is InChI=1S/C11H13N3O/c12-6-8-1-2-14-11(5-8)15-10-3-9(4-10)7-13/h1-2,5,9-10H,3-4,7,13H2. The average Bonchev–Trinajstić information content (AvgIpc) is 2.23. The molecule has 0 bridgehead atoms. The Morgan fingerprint density at radius 3 is 3.07 bits per heavy atom. The van der Waals surface area contributed by atoms with Gasteiger partial charge in [-0.05, 0) is 31.4 Å². The van der Waals surface area contributed by atoms with Crippen LogP contribution in [-0.4, -0.2) is 17.6 Å². The summed E-state index contributed by atoms with van der Waals surface area (Å²) in [6, 6.07) is 5.38. The maximum Gasteiger partial charge on any atom is 0.214 e. The normalized spacial score (nSPS) is 24.0. The van der Waals surface area contributed by atoms with Crippen molar-refractivity contribution in [2.24, 2.45) is 11.7 Å². The molecular weight excluding hydrogens is 190 g/mol. The van der Waals surface area contributed by atoms with Gasteiger partial charge in [-0.1, -0.05) is 0 Å². The molecule has 1 aromatic heterocycles. The highest BCUT2D eigenvalue weighted by molar-refractivity contribution is 5.31. The van der Waals surface area contributed by atoms with Crippen molar-refractivity contribution in [1.29, 1.82) is 5.26 Å². The first kappa shape index (κ1) is 9.94. The third kappa shape index (κ3) is 2.25. The summed E-state index contributed by atoms with van der Waals surface area (Å²) >= 11 is 0. The number of nitrogens with zero attached hydrogens (tertiary/aromatic N) is 2. The molecular formula is C11H13N3O. The minimum absolute atomic E-state index is 0.222. The zero-order valence-corrected chi connectivity index (χ0v) is 8.39. The zero-order valence-electron chi connectivity index (χ0n) is 8.39. The number of rotatable bonds is 3. The second-order valence-electron chi connectivity index (χ2n) is 3.81. The number of nitrogens with two attached hydrogens (primary N) is 1. The van der Waals surface area contributed by atoms with Crippen LogP contribution in [0.1, 0.15) is 18.4 Å². The van der Waals surface area contributed by atoms with Gasteiger partial charge in [0.15, 0.2) is 0 Å². The Bertz CT molecular complexity index is 380. The van der Waals surface area contributed by atoms with E-state index < -0.39 is 0 Å². The minimum Gasteiger partial charge on any atom is -0.474 e. The summed E-state index contributed by atoms with van der Waals surface area (Å²) in [7, 11) is 0. The van der Waals surface area contributed by atoms with Gasteiger partial charge in [0.25, 0.3) is 0 Å². The van der Waals surface area contributed by atoms with Crippen molar-refractivity contribution in [3.05, 3.63) is 23.9 Å². The van der Waals surface area contributed by atoms with Crippen molar-refractivity contribution in [3.8, 4) is 11.9 Å². The van der Waals surface area contributed by atoms with Crippen molar-refractivity contribution in [3.63, 3.8) is 0 Å². The molecule has 1 heterocycles. The molecule has 78 valence electrons. The van der Waals surface area contributed by atoms with Crippen LogP contribution >= 0.6 is 0 Å². The van der Waals surface area contributed by atoms with E-state index in [-0.39, 0.29) is 6.10 Å². The van der Waals surface area contributed by atoms with Crippen LogP contribution in [0.4, 0.5) is 0 Å². The SMILES string of the molecule is N#Cc1ccnc(OC2CC(CN)C2)c1. The van der Waals surface area contributed by atoms with Gasteiger partial charge in [-0.25, -0.2) is 4.98 Å². The highest BCUT2D eigenvalue weighted by atomic mass is 16.5. The molecule has 0 saturated heterocycles. The lowest BCUT2D eigenvalue weighted by molar-refractivity contribution is 0.0649. The van der Waals surface area contributed by atoms with Gasteiger partial charge in [0, 0.05) is 12.3 Å². The molecule has 0 spiro atoms. The summed E-state index contributed by atoms with van der Waals surface area (Å²) in [5, 5.41) is 8.70. The van der Waals surface area contributed by atoms with Crippen LogP contribution in [0.15, 0.2) is 18.3 Å². The van der Waals surface area contributed by atoms with Gasteiger partial charge in [0.2, 0.25) is 5.88 Å². The van der Waals surface area contributed by atoms with E-state index in [0.717, 1.165) is 19.4 Å². The summed E-state index contributed by atoms with van der Waals surface area (Å²) in [5.41, 5.74) is 6.10. The third-order valence-electron chi connectivity index (χ3n) is 2.68. The van der Waals surface area contributed by atoms with E-state index in [1.165, 1.54) is 0 Å². The Labute approximate surface area is 88.7 Å². The molecule has 0 aromatic carbocycles. The highest BCUT2D eigenvalue weighted by Crippen LogP contribution is 2.29. The van der Waals surface area contributed by atoms with Gasteiger partial charge in [-0.3, -0.25) is 0 Å². The molecule has 0 unspecified atom stereocenters. The van der Waals surface area contributed by atoms with E-state index in [9.17, 15) is 0 Å². The van der Waals surface area contributed by atoms with E-state index >= 15 is 0 Å². The molecule has 4 nitrogen and oxygen atoms in total. The highest BCUT2D eigenvalue weighted by Gasteiger charge is 2.29. The number of ether oxygens (including phenoxy) is 1. The quantitative estimate of drug-likeness (QED) is 0.797. The van der Waals surface area contributed by atoms with Crippen LogP contribution in [0, 0.1) is 17.2 Å². The van der Waals surface area contributed by atoms with E-state index in [0.29, 0.717) is 17.4 Å². The first-order valence-corrected chi connectivity index (χ1v) is 5.04. The monoisotopic (exact) mass is 203 g/mol. The lowest BCUT2D eigenvalue weighted by Crippen LogP contribution is -2.37. The molecule has 1 saturated carbocycles. The Balaban J connectivity index is 1.92. The first-order valence-electron chi connectivity index (χ1n) is 5.04. The van der Waals surface area contributed by atoms with Gasteiger partial charge in [-0.15, -0.1) is 0 Å². The van der Waals surface area contributed by atoms with Crippen molar-refractivity contribution >= 4 is 0 Å². The second kappa shape index (κ2) is 4.28. The second-order valence-corrected chi connectivity index (χ2v) is 3.81. The van der Waals surface area contributed by atoms with Crippen LogP contribution in [0.5, 0.6) is 5.88 Å². The van der Waals surface area contributed by atoms with Crippen LogP contribution in [0.2, 0.25) is 0 Å². The third-order valence-corrected chi connectivity index (χ3v) is 2.68. The van der Waals surface area contributed by atoms with E-state index in [1.54, 1.807) is 18.3 Å². The molecule has 0 amide bonds. The van der Waals surface area contributed by atoms with Crippen LogP contribution < -0.4 is 10.5 Å². The maximum absolute atomic E-state index is 8.70. The fraction of sp³-hybridized carbons (Fsp3) is 0.455. The zero-order chi connectivity index (χ0) is 10.7. The van der Waals surface area contributed by atoms with Gasteiger partial charge in [0.05, 0.1) is 11.6 Å². The van der Waals surface area contributed by atoms with Gasteiger partial charge < -0.3 is 10.5 Å². The van der Waals surface area contributed by atoms with E-state index in [4.69, 9.17) is 15.7 Å². The Morgan fingerprint density at radius 2 is 2.40 bits per heavy atom. The summed E-state index contributed by atoms with van der Waals surface area (Å²) in [4.78, 5) is 4.06. The topological polar surface area (TPSA) is 71.9 Å². The molecule has 15 heavy (non-hydrogen) atoms. The smallest absolute Gasteiger partial charge is 0.214 e. The molecule has 0 aliphatic heterocycles.